The number of halogens is 1. The summed E-state index contributed by atoms with van der Waals surface area (Å²) in [6.45, 7) is 0. The number of benzene rings is 2. The summed E-state index contributed by atoms with van der Waals surface area (Å²) in [6, 6.07) is 19.0. The van der Waals surface area contributed by atoms with Gasteiger partial charge in [0.1, 0.15) is 5.82 Å². The average Bonchev–Trinajstić information content (AvgIpc) is 3.08. The number of fused-ring (bicyclic) bond motifs is 1. The van der Waals surface area contributed by atoms with Gasteiger partial charge >= 0.3 is 0 Å². The monoisotopic (exact) mass is 376 g/mol. The minimum absolute atomic E-state index is 0.106. The number of carbonyl (C=O) groups is 1. The lowest BCUT2D eigenvalue weighted by molar-refractivity contribution is -0.115. The second-order valence-corrected chi connectivity index (χ2v) is 6.58. The standard InChI is InChI=1S/C21H17ClN4O/c22-15-5-7-16(8-6-15)25-17-9-10-20(24-13-17)26-21(27)11-14-12-23-19-4-2-1-3-18(14)19/h1-10,12-13,23,25H,11H2,(H,24,26,27). The molecule has 0 saturated heterocycles. The molecular formula is C21H17ClN4O. The van der Waals surface area contributed by atoms with E-state index in [0.717, 1.165) is 27.8 Å². The van der Waals surface area contributed by atoms with Gasteiger partial charge in [-0.05, 0) is 48.0 Å². The van der Waals surface area contributed by atoms with Crippen LogP contribution in [0.2, 0.25) is 5.02 Å². The van der Waals surface area contributed by atoms with Crippen molar-refractivity contribution in [2.24, 2.45) is 0 Å². The summed E-state index contributed by atoms with van der Waals surface area (Å²) in [7, 11) is 0. The molecule has 0 aliphatic carbocycles. The molecule has 6 heteroatoms. The largest absolute Gasteiger partial charge is 0.361 e. The second-order valence-electron chi connectivity index (χ2n) is 6.15. The van der Waals surface area contributed by atoms with Crippen molar-refractivity contribution in [3.63, 3.8) is 0 Å². The van der Waals surface area contributed by atoms with E-state index in [2.05, 4.69) is 20.6 Å². The maximum Gasteiger partial charge on any atom is 0.230 e. The minimum atomic E-state index is -0.106. The van der Waals surface area contributed by atoms with E-state index in [4.69, 9.17) is 11.6 Å². The van der Waals surface area contributed by atoms with E-state index in [1.165, 1.54) is 0 Å². The topological polar surface area (TPSA) is 69.8 Å². The van der Waals surface area contributed by atoms with E-state index in [0.29, 0.717) is 10.8 Å². The molecule has 0 bridgehead atoms. The molecule has 1 amide bonds. The van der Waals surface area contributed by atoms with Crippen LogP contribution in [0, 0.1) is 0 Å². The van der Waals surface area contributed by atoms with Crippen LogP contribution in [0.3, 0.4) is 0 Å². The lowest BCUT2D eigenvalue weighted by Gasteiger charge is -2.08. The predicted molar refractivity (Wildman–Crippen MR) is 110 cm³/mol. The maximum absolute atomic E-state index is 12.3. The highest BCUT2D eigenvalue weighted by atomic mass is 35.5. The number of aromatic amines is 1. The van der Waals surface area contributed by atoms with E-state index in [9.17, 15) is 4.79 Å². The van der Waals surface area contributed by atoms with Gasteiger partial charge < -0.3 is 15.6 Å². The smallest absolute Gasteiger partial charge is 0.230 e. The van der Waals surface area contributed by atoms with Gasteiger partial charge in [-0.1, -0.05) is 29.8 Å². The first kappa shape index (κ1) is 17.1. The molecule has 2 heterocycles. The molecule has 0 radical (unpaired) electrons. The van der Waals surface area contributed by atoms with Crippen molar-refractivity contribution in [3.05, 3.63) is 83.6 Å². The Morgan fingerprint density at radius 1 is 1.00 bits per heavy atom. The first-order valence-electron chi connectivity index (χ1n) is 8.51. The number of H-pyrrole nitrogens is 1. The summed E-state index contributed by atoms with van der Waals surface area (Å²) in [6.07, 6.45) is 3.84. The molecule has 0 fully saturated rings. The second kappa shape index (κ2) is 7.51. The molecule has 2 aromatic carbocycles. The zero-order valence-corrected chi connectivity index (χ0v) is 15.1. The minimum Gasteiger partial charge on any atom is -0.361 e. The van der Waals surface area contributed by atoms with Crippen LogP contribution in [0.15, 0.2) is 73.1 Å². The van der Waals surface area contributed by atoms with Crippen LogP contribution >= 0.6 is 11.6 Å². The van der Waals surface area contributed by atoms with Crippen molar-refractivity contribution in [3.8, 4) is 0 Å². The molecule has 5 nitrogen and oxygen atoms in total. The van der Waals surface area contributed by atoms with E-state index in [1.54, 1.807) is 12.3 Å². The van der Waals surface area contributed by atoms with Crippen LogP contribution in [0.5, 0.6) is 0 Å². The zero-order chi connectivity index (χ0) is 18.6. The van der Waals surface area contributed by atoms with E-state index < -0.39 is 0 Å². The number of carbonyl (C=O) groups excluding carboxylic acids is 1. The Morgan fingerprint density at radius 2 is 1.78 bits per heavy atom. The van der Waals surface area contributed by atoms with Crippen LogP contribution in [0.4, 0.5) is 17.2 Å². The van der Waals surface area contributed by atoms with E-state index in [-0.39, 0.29) is 12.3 Å². The number of anilines is 3. The van der Waals surface area contributed by atoms with Crippen LogP contribution in [0.25, 0.3) is 10.9 Å². The van der Waals surface area contributed by atoms with Crippen molar-refractivity contribution in [1.29, 1.82) is 0 Å². The maximum atomic E-state index is 12.3. The number of hydrogen-bond acceptors (Lipinski definition) is 3. The van der Waals surface area contributed by atoms with Gasteiger partial charge in [0.05, 0.1) is 18.3 Å². The average molecular weight is 377 g/mol. The number of para-hydroxylation sites is 1. The SMILES string of the molecule is O=C(Cc1c[nH]c2ccccc12)Nc1ccc(Nc2ccc(Cl)cc2)cn1. The molecule has 27 heavy (non-hydrogen) atoms. The van der Waals surface area contributed by atoms with E-state index in [1.807, 2.05) is 60.8 Å². The number of nitrogens with one attached hydrogen (secondary N) is 3. The van der Waals surface area contributed by atoms with Crippen molar-refractivity contribution >= 4 is 45.6 Å². The lowest BCUT2D eigenvalue weighted by Crippen LogP contribution is -2.15. The molecule has 4 rings (SSSR count). The molecule has 134 valence electrons. The third-order valence-electron chi connectivity index (χ3n) is 4.19. The third-order valence-corrected chi connectivity index (χ3v) is 4.44. The summed E-state index contributed by atoms with van der Waals surface area (Å²) < 4.78 is 0. The van der Waals surface area contributed by atoms with Gasteiger partial charge in [0.25, 0.3) is 0 Å². The Bertz CT molecular complexity index is 1070. The Balaban J connectivity index is 1.39. The highest BCUT2D eigenvalue weighted by Crippen LogP contribution is 2.20. The Morgan fingerprint density at radius 3 is 2.56 bits per heavy atom. The first-order chi connectivity index (χ1) is 13.2. The van der Waals surface area contributed by atoms with Gasteiger partial charge in [-0.3, -0.25) is 4.79 Å². The van der Waals surface area contributed by atoms with Gasteiger partial charge in [-0.15, -0.1) is 0 Å². The van der Waals surface area contributed by atoms with Gasteiger partial charge in [0.2, 0.25) is 5.91 Å². The summed E-state index contributed by atoms with van der Waals surface area (Å²) in [4.78, 5) is 19.8. The van der Waals surface area contributed by atoms with Crippen LogP contribution in [0.1, 0.15) is 5.56 Å². The predicted octanol–water partition coefficient (Wildman–Crippen LogP) is 5.14. The van der Waals surface area contributed by atoms with E-state index >= 15 is 0 Å². The summed E-state index contributed by atoms with van der Waals surface area (Å²) >= 11 is 5.88. The summed E-state index contributed by atoms with van der Waals surface area (Å²) in [5, 5.41) is 7.81. The quantitative estimate of drug-likeness (QED) is 0.451. The van der Waals surface area contributed by atoms with Gasteiger partial charge in [-0.25, -0.2) is 4.98 Å². The van der Waals surface area contributed by atoms with Gasteiger partial charge in [-0.2, -0.15) is 0 Å². The Labute approximate surface area is 161 Å². The lowest BCUT2D eigenvalue weighted by atomic mass is 10.1. The fourth-order valence-corrected chi connectivity index (χ4v) is 3.01. The fourth-order valence-electron chi connectivity index (χ4n) is 2.88. The molecule has 0 aliphatic heterocycles. The number of rotatable bonds is 5. The molecule has 4 aromatic rings. The third kappa shape index (κ3) is 4.10. The Hall–Kier alpha value is -3.31. The molecule has 3 N–H and O–H groups in total. The molecule has 0 unspecified atom stereocenters. The number of amides is 1. The number of aromatic nitrogens is 2. The van der Waals surface area contributed by atoms with Gasteiger partial charge in [0.15, 0.2) is 0 Å². The van der Waals surface area contributed by atoms with Crippen LogP contribution < -0.4 is 10.6 Å². The summed E-state index contributed by atoms with van der Waals surface area (Å²) in [5.41, 5.74) is 3.73. The summed E-state index contributed by atoms with van der Waals surface area (Å²) in [5.74, 6) is 0.409. The number of nitrogens with zero attached hydrogens (tertiary/aromatic N) is 1. The number of pyridine rings is 1. The number of hydrogen-bond donors (Lipinski definition) is 3. The molecule has 0 saturated carbocycles. The van der Waals surface area contributed by atoms with Crippen LogP contribution in [-0.4, -0.2) is 15.9 Å². The Kier molecular flexibility index (Phi) is 4.77. The highest BCUT2D eigenvalue weighted by molar-refractivity contribution is 6.30. The normalized spacial score (nSPS) is 10.7. The van der Waals surface area contributed by atoms with Gasteiger partial charge in [0, 0.05) is 27.8 Å². The van der Waals surface area contributed by atoms with Crippen molar-refractivity contribution in [1.82, 2.24) is 9.97 Å². The molecule has 0 atom stereocenters. The van der Waals surface area contributed by atoms with Crippen molar-refractivity contribution in [2.45, 2.75) is 6.42 Å². The molecule has 2 aromatic heterocycles. The zero-order valence-electron chi connectivity index (χ0n) is 14.4. The van der Waals surface area contributed by atoms with Crippen LogP contribution in [-0.2, 0) is 11.2 Å². The molecular weight excluding hydrogens is 360 g/mol. The fraction of sp³-hybridized carbons (Fsp3) is 0.0476. The van der Waals surface area contributed by atoms with Crippen molar-refractivity contribution < 1.29 is 4.79 Å². The first-order valence-corrected chi connectivity index (χ1v) is 8.89. The van der Waals surface area contributed by atoms with Crippen molar-refractivity contribution in [2.75, 3.05) is 10.6 Å². The highest BCUT2D eigenvalue weighted by Gasteiger charge is 2.09. The molecule has 0 spiro atoms. The molecule has 0 aliphatic rings.